The highest BCUT2D eigenvalue weighted by Gasteiger charge is 2.24. The summed E-state index contributed by atoms with van der Waals surface area (Å²) in [6.45, 7) is 0.0843. The maximum absolute atomic E-state index is 11.3. The highest BCUT2D eigenvalue weighted by Crippen LogP contribution is 2.25. The van der Waals surface area contributed by atoms with Crippen LogP contribution < -0.4 is 16.8 Å². The molecule has 0 radical (unpaired) electrons. The van der Waals surface area contributed by atoms with E-state index in [-0.39, 0.29) is 0 Å². The van der Waals surface area contributed by atoms with Gasteiger partial charge < -0.3 is 21.5 Å². The average molecular weight is 321 g/mol. The summed E-state index contributed by atoms with van der Waals surface area (Å²) in [7, 11) is 0. The Morgan fingerprint density at radius 2 is 1.89 bits per heavy atom. The minimum Gasteiger partial charge on any atom is -0.445 e. The normalized spacial score (nSPS) is 12.9. The molecule has 0 aromatic heterocycles. The van der Waals surface area contributed by atoms with E-state index in [1.807, 2.05) is 0 Å². The molecule has 9 heteroatoms. The van der Waals surface area contributed by atoms with Gasteiger partial charge in [-0.15, -0.1) is 0 Å². The number of rotatable bonds is 7. The second kappa shape index (κ2) is 8.63. The Morgan fingerprint density at radius 3 is 2.33 bits per heavy atom. The number of alkyl halides is 3. The Bertz CT molecular complexity index is 284. The number of halogens is 3. The Hall–Kier alpha value is -0.430. The minimum atomic E-state index is -1.70. The Labute approximate surface area is 120 Å². The number of nitrogens with one attached hydrogen (secondary N) is 1. The van der Waals surface area contributed by atoms with E-state index >= 15 is 0 Å². The minimum absolute atomic E-state index is 0.384. The third-order valence-corrected chi connectivity index (χ3v) is 2.28. The lowest BCUT2D eigenvalue weighted by molar-refractivity contribution is -0.120. The molecule has 5 N–H and O–H groups in total. The summed E-state index contributed by atoms with van der Waals surface area (Å²) in [6.07, 6.45) is 0.914. The summed E-state index contributed by atoms with van der Waals surface area (Å²) in [4.78, 5) is 22.4. The summed E-state index contributed by atoms with van der Waals surface area (Å²) in [5.41, 5.74) is 10.4. The molecule has 0 aromatic rings. The molecule has 0 bridgehead atoms. The number of ether oxygens (including phenoxy) is 1. The van der Waals surface area contributed by atoms with E-state index in [9.17, 15) is 9.59 Å². The number of alkyl carbamates (subject to hydrolysis) is 1. The van der Waals surface area contributed by atoms with Crippen molar-refractivity contribution < 1.29 is 14.3 Å². The zero-order valence-electron chi connectivity index (χ0n) is 9.63. The van der Waals surface area contributed by atoms with Crippen molar-refractivity contribution in [3.63, 3.8) is 0 Å². The molecule has 0 aliphatic rings. The quantitative estimate of drug-likeness (QED) is 0.481. The second-order valence-electron chi connectivity index (χ2n) is 3.58. The van der Waals surface area contributed by atoms with Gasteiger partial charge in [0.2, 0.25) is 9.70 Å². The van der Waals surface area contributed by atoms with Gasteiger partial charge >= 0.3 is 6.09 Å². The molecule has 0 unspecified atom stereocenters. The van der Waals surface area contributed by atoms with Gasteiger partial charge in [0.1, 0.15) is 12.6 Å². The lowest BCUT2D eigenvalue weighted by Crippen LogP contribution is -2.45. The molecule has 2 amide bonds. The topological polar surface area (TPSA) is 107 Å². The molecule has 0 rings (SSSR count). The van der Waals surface area contributed by atoms with Crippen molar-refractivity contribution in [2.75, 3.05) is 13.2 Å². The largest absolute Gasteiger partial charge is 0.445 e. The molecule has 0 saturated carbocycles. The van der Waals surface area contributed by atoms with Crippen LogP contribution in [0.4, 0.5) is 4.79 Å². The number of nitrogens with two attached hydrogens (primary N) is 2. The fourth-order valence-electron chi connectivity index (χ4n) is 1.11. The van der Waals surface area contributed by atoms with Crippen LogP contribution in [0.5, 0.6) is 0 Å². The number of hydrogen-bond acceptors (Lipinski definition) is 4. The first-order chi connectivity index (χ1) is 8.26. The molecule has 0 heterocycles. The number of carbonyl (C=O) groups is 2. The van der Waals surface area contributed by atoms with Gasteiger partial charge in [-0.1, -0.05) is 34.8 Å². The van der Waals surface area contributed by atoms with Crippen molar-refractivity contribution in [1.29, 1.82) is 0 Å². The van der Waals surface area contributed by atoms with Crippen molar-refractivity contribution >= 4 is 46.8 Å². The van der Waals surface area contributed by atoms with Gasteiger partial charge in [-0.05, 0) is 25.8 Å². The number of amides is 2. The van der Waals surface area contributed by atoms with Crippen LogP contribution in [-0.4, -0.2) is 35.0 Å². The van der Waals surface area contributed by atoms with Crippen LogP contribution in [-0.2, 0) is 9.53 Å². The van der Waals surface area contributed by atoms with Crippen molar-refractivity contribution in [2.45, 2.75) is 29.1 Å². The van der Waals surface area contributed by atoms with Crippen LogP contribution in [0.25, 0.3) is 0 Å². The SMILES string of the molecule is NCCCC[C@H](NC(=O)OCC(Cl)(Cl)Cl)C(N)=O. The molecular weight excluding hydrogens is 304 g/mol. The highest BCUT2D eigenvalue weighted by molar-refractivity contribution is 6.67. The fourth-order valence-corrected chi connectivity index (χ4v) is 1.27. The molecule has 1 atom stereocenters. The maximum Gasteiger partial charge on any atom is 0.407 e. The molecular formula is C9H16Cl3N3O3. The van der Waals surface area contributed by atoms with Crippen LogP contribution >= 0.6 is 34.8 Å². The van der Waals surface area contributed by atoms with Crippen molar-refractivity contribution in [2.24, 2.45) is 11.5 Å². The van der Waals surface area contributed by atoms with Gasteiger partial charge in [0.25, 0.3) is 0 Å². The van der Waals surface area contributed by atoms with Gasteiger partial charge in [0, 0.05) is 0 Å². The molecule has 0 aromatic carbocycles. The Morgan fingerprint density at radius 1 is 1.28 bits per heavy atom. The number of unbranched alkanes of at least 4 members (excludes halogenated alkanes) is 1. The maximum atomic E-state index is 11.3. The molecule has 106 valence electrons. The Balaban J connectivity index is 4.08. The van der Waals surface area contributed by atoms with E-state index in [2.05, 4.69) is 10.1 Å². The van der Waals surface area contributed by atoms with E-state index in [0.717, 1.165) is 6.42 Å². The highest BCUT2D eigenvalue weighted by atomic mass is 35.6. The molecule has 0 aliphatic heterocycles. The van der Waals surface area contributed by atoms with Crippen LogP contribution in [0.2, 0.25) is 0 Å². The van der Waals surface area contributed by atoms with E-state index < -0.39 is 28.4 Å². The first-order valence-corrected chi connectivity index (χ1v) is 6.39. The van der Waals surface area contributed by atoms with Gasteiger partial charge in [0.15, 0.2) is 0 Å². The first-order valence-electron chi connectivity index (χ1n) is 5.25. The standard InChI is InChI=1S/C9H16Cl3N3O3/c10-9(11,12)5-18-8(17)15-6(7(14)16)3-1-2-4-13/h6H,1-5,13H2,(H2,14,16)(H,15,17)/t6-/m0/s1. The van der Waals surface area contributed by atoms with Gasteiger partial charge in [-0.25, -0.2) is 4.79 Å². The third-order valence-electron chi connectivity index (χ3n) is 1.95. The molecule has 18 heavy (non-hydrogen) atoms. The zero-order valence-corrected chi connectivity index (χ0v) is 11.9. The van der Waals surface area contributed by atoms with E-state index in [4.69, 9.17) is 46.3 Å². The molecule has 0 saturated heterocycles. The van der Waals surface area contributed by atoms with Gasteiger partial charge in [-0.3, -0.25) is 4.79 Å². The van der Waals surface area contributed by atoms with Crippen molar-refractivity contribution in [1.82, 2.24) is 5.32 Å². The average Bonchev–Trinajstić information content (AvgIpc) is 2.24. The summed E-state index contributed by atoms with van der Waals surface area (Å²) >= 11 is 16.2. The molecule has 0 aliphatic carbocycles. The third kappa shape index (κ3) is 9.58. The predicted molar refractivity (Wildman–Crippen MR) is 70.7 cm³/mol. The van der Waals surface area contributed by atoms with Crippen LogP contribution in [0, 0.1) is 0 Å². The smallest absolute Gasteiger partial charge is 0.407 e. The number of primary amides is 1. The molecule has 0 spiro atoms. The second-order valence-corrected chi connectivity index (χ2v) is 6.09. The predicted octanol–water partition coefficient (Wildman–Crippen LogP) is 1.07. The number of carbonyl (C=O) groups excluding carboxylic acids is 2. The molecule has 0 fully saturated rings. The summed E-state index contributed by atoms with van der Waals surface area (Å²) in [5.74, 6) is -0.655. The van der Waals surface area contributed by atoms with Crippen molar-refractivity contribution in [3.05, 3.63) is 0 Å². The summed E-state index contributed by atoms with van der Waals surface area (Å²) in [6, 6.07) is -0.820. The van der Waals surface area contributed by atoms with E-state index in [0.29, 0.717) is 19.4 Å². The van der Waals surface area contributed by atoms with Crippen molar-refractivity contribution in [3.8, 4) is 0 Å². The van der Waals surface area contributed by atoms with Crippen LogP contribution in [0.3, 0.4) is 0 Å². The first kappa shape index (κ1) is 17.6. The monoisotopic (exact) mass is 319 g/mol. The lowest BCUT2D eigenvalue weighted by atomic mass is 10.1. The van der Waals surface area contributed by atoms with E-state index in [1.54, 1.807) is 0 Å². The van der Waals surface area contributed by atoms with Gasteiger partial charge in [0.05, 0.1) is 0 Å². The van der Waals surface area contributed by atoms with Crippen LogP contribution in [0.15, 0.2) is 0 Å². The molecule has 6 nitrogen and oxygen atoms in total. The lowest BCUT2D eigenvalue weighted by Gasteiger charge is -2.16. The summed E-state index contributed by atoms with van der Waals surface area (Å²) in [5, 5.41) is 2.30. The van der Waals surface area contributed by atoms with E-state index in [1.165, 1.54) is 0 Å². The fraction of sp³-hybridized carbons (Fsp3) is 0.778. The Kier molecular flexibility index (Phi) is 8.43. The van der Waals surface area contributed by atoms with Crippen LogP contribution in [0.1, 0.15) is 19.3 Å². The summed E-state index contributed by atoms with van der Waals surface area (Å²) < 4.78 is 2.92. The van der Waals surface area contributed by atoms with Gasteiger partial charge in [-0.2, -0.15) is 0 Å². The number of hydrogen-bond donors (Lipinski definition) is 3. The zero-order chi connectivity index (χ0) is 14.2.